The molecule has 3 unspecified atom stereocenters. The molecule has 4 aromatic heterocycles. The van der Waals surface area contributed by atoms with Gasteiger partial charge in [-0.1, -0.05) is 13.0 Å². The molecule has 4 saturated heterocycles. The number of thiophene rings is 1. The number of hydrogen-bond donors (Lipinski definition) is 4. The Balaban J connectivity index is 0.854. The van der Waals surface area contributed by atoms with Gasteiger partial charge in [0.25, 0.3) is 0 Å². The topological polar surface area (TPSA) is 207 Å². The summed E-state index contributed by atoms with van der Waals surface area (Å²) in [5.74, 6) is 0.630. The smallest absolute Gasteiger partial charge is 0.407 e. The van der Waals surface area contributed by atoms with Gasteiger partial charge in [-0.3, -0.25) is 14.2 Å². The zero-order valence-electron chi connectivity index (χ0n) is 44.7. The van der Waals surface area contributed by atoms with Gasteiger partial charge in [0.05, 0.1) is 76.9 Å². The van der Waals surface area contributed by atoms with E-state index in [1.165, 1.54) is 25.2 Å². The molecule has 18 nitrogen and oxygen atoms in total. The molecule has 4 N–H and O–H groups in total. The molecule has 408 valence electrons. The van der Waals surface area contributed by atoms with E-state index >= 15 is 4.39 Å². The molecule has 0 spiro atoms. The molecule has 20 heteroatoms. The van der Waals surface area contributed by atoms with E-state index in [9.17, 15) is 19.2 Å². The number of imidazole rings is 2. The molecule has 11 rings (SSSR count). The lowest BCUT2D eigenvalue weighted by Crippen LogP contribution is -2.54. The number of carbonyl (C=O) groups is 4. The van der Waals surface area contributed by atoms with E-state index in [0.29, 0.717) is 111 Å². The lowest BCUT2D eigenvalue weighted by molar-refractivity contribution is -0.139. The molecule has 6 aromatic rings. The minimum atomic E-state index is -0.775. The highest BCUT2D eigenvalue weighted by atomic mass is 32.1. The number of alkyl carbamates (subject to hydrolysis) is 2. The monoisotopic (exact) mass is 1070 g/mol. The minimum absolute atomic E-state index is 0.104. The van der Waals surface area contributed by atoms with Gasteiger partial charge >= 0.3 is 12.2 Å². The summed E-state index contributed by atoms with van der Waals surface area (Å²) in [6.07, 6.45) is 7.13. The quantitative estimate of drug-likeness (QED) is 0.0908. The number of carbonyl (C=O) groups excluding carboxylic acids is 4. The van der Waals surface area contributed by atoms with Crippen molar-refractivity contribution in [3.8, 4) is 39.5 Å². The maximum absolute atomic E-state index is 17.0. The molecule has 0 saturated carbocycles. The first-order chi connectivity index (χ1) is 37.0. The summed E-state index contributed by atoms with van der Waals surface area (Å²) in [4.78, 5) is 76.0. The lowest BCUT2D eigenvalue weighted by atomic mass is 9.82. The van der Waals surface area contributed by atoms with Crippen molar-refractivity contribution in [1.82, 2.24) is 44.9 Å². The SMILES string of the molecule is CCc1ccc(C2Oc3cc(-c4cnc([C@@H]5CCN(C(=O)[C@@H](NC(=O)OC)C6CCOC(C)(C)C6)C5)[nH]4)cc(F)c3-c3cc4cc(-c5cnc([C@@H]6CCCN6C(=O)[C@@H](NC(=O)OC)C6CCOC(C)(C)C6)[nH]5)ccc4n32)s1. The van der Waals surface area contributed by atoms with E-state index in [4.69, 9.17) is 33.7 Å². The van der Waals surface area contributed by atoms with E-state index in [2.05, 4.69) is 50.3 Å². The zero-order valence-corrected chi connectivity index (χ0v) is 45.5. The van der Waals surface area contributed by atoms with Gasteiger partial charge in [-0.25, -0.2) is 23.9 Å². The van der Waals surface area contributed by atoms with Crippen LogP contribution in [-0.4, -0.2) is 129 Å². The van der Waals surface area contributed by atoms with Gasteiger partial charge in [-0.15, -0.1) is 11.3 Å². The van der Waals surface area contributed by atoms with Gasteiger partial charge in [0.1, 0.15) is 35.3 Å². The van der Waals surface area contributed by atoms with E-state index in [1.54, 1.807) is 28.6 Å². The van der Waals surface area contributed by atoms with Crippen molar-refractivity contribution in [2.45, 2.75) is 127 Å². The highest BCUT2D eigenvalue weighted by Gasteiger charge is 2.44. The third-order valence-corrected chi connectivity index (χ3v) is 17.6. The lowest BCUT2D eigenvalue weighted by Gasteiger charge is -2.40. The average molecular weight is 1070 g/mol. The third kappa shape index (κ3) is 10.3. The zero-order chi connectivity index (χ0) is 53.9. The molecule has 77 heavy (non-hydrogen) atoms. The Bertz CT molecular complexity index is 3220. The summed E-state index contributed by atoms with van der Waals surface area (Å²) in [7, 11) is 2.59. The number of benzene rings is 2. The van der Waals surface area contributed by atoms with Crippen molar-refractivity contribution in [2.24, 2.45) is 11.8 Å². The highest BCUT2D eigenvalue weighted by molar-refractivity contribution is 7.12. The fraction of sp³-hybridized carbons (Fsp3) is 0.509. The van der Waals surface area contributed by atoms with Gasteiger partial charge in [0, 0.05) is 60.2 Å². The Hall–Kier alpha value is -6.77. The van der Waals surface area contributed by atoms with Crippen LogP contribution in [0.15, 0.2) is 60.9 Å². The van der Waals surface area contributed by atoms with Crippen LogP contribution in [0.3, 0.4) is 0 Å². The minimum Gasteiger partial charge on any atom is -0.464 e. The second-order valence-electron chi connectivity index (χ2n) is 22.4. The van der Waals surface area contributed by atoms with Crippen LogP contribution in [0.5, 0.6) is 5.75 Å². The Labute approximate surface area is 450 Å². The number of likely N-dealkylation sites (tertiary alicyclic amines) is 2. The second-order valence-corrected chi connectivity index (χ2v) is 23.6. The maximum Gasteiger partial charge on any atom is 0.407 e. The molecular weight excluding hydrogens is 1010 g/mol. The molecular formula is C57H68FN9O9S. The highest BCUT2D eigenvalue weighted by Crippen LogP contribution is 2.49. The number of fused-ring (bicyclic) bond motifs is 5. The Morgan fingerprint density at radius 2 is 1.47 bits per heavy atom. The van der Waals surface area contributed by atoms with Gasteiger partial charge in [0.2, 0.25) is 18.0 Å². The van der Waals surface area contributed by atoms with Crippen molar-refractivity contribution in [3.05, 3.63) is 88.1 Å². The van der Waals surface area contributed by atoms with Crippen LogP contribution in [0.25, 0.3) is 44.7 Å². The number of methoxy groups -OCH3 is 2. The average Bonchev–Trinajstić information content (AvgIpc) is 4.29. The number of ether oxygens (including phenoxy) is 5. The van der Waals surface area contributed by atoms with Crippen molar-refractivity contribution in [1.29, 1.82) is 0 Å². The predicted octanol–water partition coefficient (Wildman–Crippen LogP) is 9.63. The molecule has 2 aromatic carbocycles. The van der Waals surface area contributed by atoms with E-state index in [-0.39, 0.29) is 35.6 Å². The number of halogens is 1. The number of aromatic nitrogens is 5. The molecule has 5 aliphatic rings. The Kier molecular flexibility index (Phi) is 14.2. The fourth-order valence-electron chi connectivity index (χ4n) is 12.5. The molecule has 5 aliphatic heterocycles. The molecule has 0 bridgehead atoms. The number of aromatic amines is 2. The van der Waals surface area contributed by atoms with Gasteiger partial charge in [0.15, 0.2) is 0 Å². The van der Waals surface area contributed by atoms with Crippen LogP contribution in [0.2, 0.25) is 0 Å². The summed E-state index contributed by atoms with van der Waals surface area (Å²) in [6, 6.07) is 13.9. The first-order valence-electron chi connectivity index (χ1n) is 26.9. The van der Waals surface area contributed by atoms with E-state index in [1.807, 2.05) is 56.9 Å². The van der Waals surface area contributed by atoms with Crippen molar-refractivity contribution in [2.75, 3.05) is 47.1 Å². The standard InChI is InChI=1S/C57H68FN9O9S/c1-8-37-12-14-45(77-37)53-67-41-13-11-31(39-28-60-50(62-39)42-10-9-18-66(42)52(69)48(64-55(71)73-7)33-17-21-75-57(4,5)27-33)22-36(41)24-43(67)46-38(58)23-35(25-44(46)76-53)40-29-59-49(61-40)34-15-19-65(30-34)51(68)47(63-54(70)72-6)32-16-20-74-56(2,3)26-32/h11-14,22-25,28-29,32-34,42,47-48,53H,8-10,15-21,26-27,30H2,1-7H3,(H,59,61)(H,60,62)(H,63,70)(H,64,71)/t32?,33?,34-,42+,47+,48+,53?/m1/s1. The molecule has 0 aliphatic carbocycles. The third-order valence-electron chi connectivity index (χ3n) is 16.3. The van der Waals surface area contributed by atoms with Crippen LogP contribution in [0.4, 0.5) is 14.0 Å². The summed E-state index contributed by atoms with van der Waals surface area (Å²) >= 11 is 1.67. The predicted molar refractivity (Wildman–Crippen MR) is 287 cm³/mol. The molecule has 4 fully saturated rings. The Morgan fingerprint density at radius 1 is 0.805 bits per heavy atom. The van der Waals surface area contributed by atoms with Crippen LogP contribution < -0.4 is 15.4 Å². The van der Waals surface area contributed by atoms with Crippen LogP contribution in [0.1, 0.15) is 119 Å². The van der Waals surface area contributed by atoms with Crippen LogP contribution in [0, 0.1) is 17.7 Å². The Morgan fingerprint density at radius 3 is 2.13 bits per heavy atom. The van der Waals surface area contributed by atoms with Gasteiger partial charge in [-0.05, 0) is 133 Å². The fourth-order valence-corrected chi connectivity index (χ4v) is 13.5. The number of rotatable bonds is 12. The number of H-pyrrole nitrogens is 2. The van der Waals surface area contributed by atoms with Crippen molar-refractivity contribution < 1.29 is 47.3 Å². The first kappa shape index (κ1) is 52.3. The number of nitrogens with zero attached hydrogens (tertiary/aromatic N) is 5. The normalized spacial score (nSPS) is 23.4. The van der Waals surface area contributed by atoms with E-state index in [0.717, 1.165) is 39.9 Å². The number of aryl methyl sites for hydroxylation is 1. The number of amides is 4. The van der Waals surface area contributed by atoms with Gasteiger partial charge < -0.3 is 54.1 Å². The van der Waals surface area contributed by atoms with Crippen LogP contribution >= 0.6 is 11.3 Å². The second kappa shape index (κ2) is 20.9. The molecule has 0 radical (unpaired) electrons. The van der Waals surface area contributed by atoms with Crippen LogP contribution in [-0.2, 0) is 35.0 Å². The summed E-state index contributed by atoms with van der Waals surface area (Å²) in [6.45, 7) is 12.5. The van der Waals surface area contributed by atoms with E-state index < -0.39 is 47.5 Å². The number of nitrogens with one attached hydrogen (secondary N) is 4. The van der Waals surface area contributed by atoms with Crippen molar-refractivity contribution >= 4 is 46.2 Å². The largest absolute Gasteiger partial charge is 0.464 e. The molecule has 9 heterocycles. The maximum atomic E-state index is 17.0. The summed E-state index contributed by atoms with van der Waals surface area (Å²) in [5, 5.41) is 6.57. The number of hydrogen-bond acceptors (Lipinski definition) is 12. The summed E-state index contributed by atoms with van der Waals surface area (Å²) < 4.78 is 47.8. The first-order valence-corrected chi connectivity index (χ1v) is 27.7. The van der Waals surface area contributed by atoms with Gasteiger partial charge in [-0.2, -0.15) is 0 Å². The van der Waals surface area contributed by atoms with Crippen molar-refractivity contribution in [3.63, 3.8) is 0 Å². The molecule has 4 amide bonds. The molecule has 7 atom stereocenters. The summed E-state index contributed by atoms with van der Waals surface area (Å²) in [5.41, 5.74) is 3.87.